The first-order valence-electron chi connectivity index (χ1n) is 10.7. The van der Waals surface area contributed by atoms with Crippen molar-refractivity contribution in [3.05, 3.63) is 35.8 Å². The Morgan fingerprint density at radius 2 is 2.03 bits per heavy atom. The van der Waals surface area contributed by atoms with Crippen molar-refractivity contribution in [2.24, 2.45) is 0 Å². The SMILES string of the molecule is CCCc1cc(N2CCC[C@@H](N(C)C3CC3)C2)nc(Nc2ccc(F)c(N)c2)n1. The van der Waals surface area contributed by atoms with E-state index in [0.29, 0.717) is 17.7 Å². The van der Waals surface area contributed by atoms with E-state index in [0.717, 1.165) is 43.5 Å². The molecule has 1 saturated heterocycles. The second-order valence-electron chi connectivity index (χ2n) is 8.29. The number of hydrogen-bond acceptors (Lipinski definition) is 6. The van der Waals surface area contributed by atoms with Crippen LogP contribution in [0, 0.1) is 5.82 Å². The summed E-state index contributed by atoms with van der Waals surface area (Å²) in [5, 5.41) is 3.21. The van der Waals surface area contributed by atoms with Crippen LogP contribution in [0.2, 0.25) is 0 Å². The van der Waals surface area contributed by atoms with Crippen LogP contribution in [0.3, 0.4) is 0 Å². The summed E-state index contributed by atoms with van der Waals surface area (Å²) in [6.45, 7) is 4.16. The lowest BCUT2D eigenvalue weighted by Crippen LogP contribution is -2.47. The van der Waals surface area contributed by atoms with Crippen LogP contribution in [0.5, 0.6) is 0 Å². The highest BCUT2D eigenvalue weighted by Gasteiger charge is 2.33. The Balaban J connectivity index is 1.56. The molecule has 0 amide bonds. The van der Waals surface area contributed by atoms with Gasteiger partial charge in [-0.2, -0.15) is 4.98 Å². The minimum atomic E-state index is -0.420. The Hall–Kier alpha value is -2.41. The van der Waals surface area contributed by atoms with Crippen LogP contribution in [-0.2, 0) is 6.42 Å². The maximum Gasteiger partial charge on any atom is 0.229 e. The highest BCUT2D eigenvalue weighted by atomic mass is 19.1. The number of rotatable bonds is 7. The highest BCUT2D eigenvalue weighted by molar-refractivity contribution is 5.61. The van der Waals surface area contributed by atoms with Gasteiger partial charge in [0.25, 0.3) is 0 Å². The standard InChI is InChI=1S/C22H31FN6/c1-3-5-15-13-21(29-11-4-6-18(14-29)28(2)17-8-9-17)27-22(25-15)26-16-7-10-19(23)20(24)12-16/h7,10,12-13,17-18H,3-6,8-9,11,14,24H2,1-2H3,(H,25,26,27)/t18-/m1/s1. The number of anilines is 4. The van der Waals surface area contributed by atoms with Gasteiger partial charge in [0.15, 0.2) is 0 Å². The zero-order chi connectivity index (χ0) is 20.4. The van der Waals surface area contributed by atoms with E-state index < -0.39 is 5.82 Å². The molecule has 2 fully saturated rings. The van der Waals surface area contributed by atoms with Crippen molar-refractivity contribution in [3.63, 3.8) is 0 Å². The summed E-state index contributed by atoms with van der Waals surface area (Å²) in [5.74, 6) is 1.08. The van der Waals surface area contributed by atoms with Gasteiger partial charge in [-0.1, -0.05) is 13.3 Å². The van der Waals surface area contributed by atoms with E-state index in [4.69, 9.17) is 10.7 Å². The Morgan fingerprint density at radius 3 is 2.76 bits per heavy atom. The summed E-state index contributed by atoms with van der Waals surface area (Å²) in [5.41, 5.74) is 7.53. The first-order valence-corrected chi connectivity index (χ1v) is 10.7. The first-order chi connectivity index (χ1) is 14.0. The third-order valence-electron chi connectivity index (χ3n) is 5.94. The summed E-state index contributed by atoms with van der Waals surface area (Å²) in [4.78, 5) is 14.4. The van der Waals surface area contributed by atoms with Crippen LogP contribution in [-0.4, -0.2) is 47.1 Å². The molecule has 0 bridgehead atoms. The van der Waals surface area contributed by atoms with Gasteiger partial charge < -0.3 is 16.0 Å². The molecule has 0 radical (unpaired) electrons. The van der Waals surface area contributed by atoms with E-state index >= 15 is 0 Å². The van der Waals surface area contributed by atoms with Gasteiger partial charge in [0.1, 0.15) is 11.6 Å². The van der Waals surface area contributed by atoms with Crippen molar-refractivity contribution >= 4 is 23.1 Å². The molecule has 0 spiro atoms. The summed E-state index contributed by atoms with van der Waals surface area (Å²) in [7, 11) is 2.26. The van der Waals surface area contributed by atoms with Gasteiger partial charge in [-0.05, 0) is 57.4 Å². The second kappa shape index (κ2) is 8.53. The predicted octanol–water partition coefficient (Wildman–Crippen LogP) is 3.96. The molecule has 7 heteroatoms. The molecule has 1 saturated carbocycles. The Labute approximate surface area is 172 Å². The number of aryl methyl sites for hydroxylation is 1. The van der Waals surface area contributed by atoms with Crippen LogP contribution in [0.4, 0.5) is 27.5 Å². The molecule has 1 aromatic carbocycles. The van der Waals surface area contributed by atoms with Crippen molar-refractivity contribution in [3.8, 4) is 0 Å². The normalized spacial score (nSPS) is 19.6. The van der Waals surface area contributed by atoms with E-state index in [-0.39, 0.29) is 5.69 Å². The number of likely N-dealkylation sites (N-methyl/N-ethyl adjacent to an activating group) is 1. The molecule has 3 N–H and O–H groups in total. The van der Waals surface area contributed by atoms with Crippen molar-refractivity contribution in [2.45, 2.75) is 57.5 Å². The largest absolute Gasteiger partial charge is 0.396 e. The lowest BCUT2D eigenvalue weighted by Gasteiger charge is -2.38. The summed E-state index contributed by atoms with van der Waals surface area (Å²) in [6, 6.07) is 8.05. The van der Waals surface area contributed by atoms with Crippen molar-refractivity contribution in [2.75, 3.05) is 36.1 Å². The van der Waals surface area contributed by atoms with E-state index in [1.54, 1.807) is 12.1 Å². The van der Waals surface area contributed by atoms with Crippen molar-refractivity contribution in [1.82, 2.24) is 14.9 Å². The number of nitrogens with two attached hydrogens (primary N) is 1. The van der Waals surface area contributed by atoms with Crippen LogP contribution >= 0.6 is 0 Å². The summed E-state index contributed by atoms with van der Waals surface area (Å²) in [6.07, 6.45) is 7.00. The molecule has 2 heterocycles. The van der Waals surface area contributed by atoms with E-state index in [1.807, 2.05) is 0 Å². The lowest BCUT2D eigenvalue weighted by molar-refractivity contribution is 0.206. The molecule has 29 heavy (non-hydrogen) atoms. The Kier molecular flexibility index (Phi) is 5.85. The van der Waals surface area contributed by atoms with Gasteiger partial charge in [-0.3, -0.25) is 4.90 Å². The Bertz CT molecular complexity index is 853. The quantitative estimate of drug-likeness (QED) is 0.688. The molecule has 4 rings (SSSR count). The van der Waals surface area contributed by atoms with Crippen LogP contribution < -0.4 is 16.0 Å². The molecule has 1 aromatic heterocycles. The number of nitrogens with one attached hydrogen (secondary N) is 1. The molecule has 1 aliphatic carbocycles. The van der Waals surface area contributed by atoms with Crippen LogP contribution in [0.15, 0.2) is 24.3 Å². The number of nitrogens with zero attached hydrogens (tertiary/aromatic N) is 4. The number of nitrogen functional groups attached to an aromatic ring is 1. The zero-order valence-electron chi connectivity index (χ0n) is 17.4. The average molecular weight is 399 g/mol. The molecule has 156 valence electrons. The van der Waals surface area contributed by atoms with Crippen LogP contribution in [0.25, 0.3) is 0 Å². The maximum atomic E-state index is 13.5. The van der Waals surface area contributed by atoms with Crippen molar-refractivity contribution < 1.29 is 4.39 Å². The topological polar surface area (TPSA) is 70.3 Å². The van der Waals surface area contributed by atoms with Gasteiger partial charge in [0.2, 0.25) is 5.95 Å². The number of aromatic nitrogens is 2. The monoisotopic (exact) mass is 398 g/mol. The zero-order valence-corrected chi connectivity index (χ0v) is 17.4. The van der Waals surface area contributed by atoms with E-state index in [2.05, 4.69) is 40.1 Å². The molecular formula is C22H31FN6. The number of piperidine rings is 1. The fraction of sp³-hybridized carbons (Fsp3) is 0.545. The number of hydrogen-bond donors (Lipinski definition) is 2. The molecular weight excluding hydrogens is 367 g/mol. The van der Waals surface area contributed by atoms with Gasteiger partial charge in [-0.15, -0.1) is 0 Å². The molecule has 0 unspecified atom stereocenters. The first kappa shape index (κ1) is 19.9. The molecule has 2 aliphatic rings. The minimum absolute atomic E-state index is 0.113. The lowest BCUT2D eigenvalue weighted by atomic mass is 10.0. The fourth-order valence-corrected chi connectivity index (χ4v) is 4.11. The minimum Gasteiger partial charge on any atom is -0.396 e. The fourth-order valence-electron chi connectivity index (χ4n) is 4.11. The second-order valence-corrected chi connectivity index (χ2v) is 8.29. The molecule has 1 aliphatic heterocycles. The summed E-state index contributed by atoms with van der Waals surface area (Å²) >= 11 is 0. The van der Waals surface area contributed by atoms with Gasteiger partial charge in [0.05, 0.1) is 5.69 Å². The van der Waals surface area contributed by atoms with Gasteiger partial charge in [-0.25, -0.2) is 9.37 Å². The summed E-state index contributed by atoms with van der Waals surface area (Å²) < 4.78 is 13.5. The third-order valence-corrected chi connectivity index (χ3v) is 5.94. The highest BCUT2D eigenvalue weighted by Crippen LogP contribution is 2.31. The van der Waals surface area contributed by atoms with Gasteiger partial charge in [0, 0.05) is 42.6 Å². The van der Waals surface area contributed by atoms with Crippen LogP contribution in [0.1, 0.15) is 44.7 Å². The maximum absolute atomic E-state index is 13.5. The van der Waals surface area contributed by atoms with Crippen molar-refractivity contribution in [1.29, 1.82) is 0 Å². The third kappa shape index (κ3) is 4.78. The molecule has 2 aromatic rings. The molecule has 6 nitrogen and oxygen atoms in total. The molecule has 1 atom stereocenters. The van der Waals surface area contributed by atoms with E-state index in [9.17, 15) is 4.39 Å². The smallest absolute Gasteiger partial charge is 0.229 e. The predicted molar refractivity (Wildman–Crippen MR) is 116 cm³/mol. The van der Waals surface area contributed by atoms with E-state index in [1.165, 1.54) is 31.7 Å². The number of halogens is 1. The van der Waals surface area contributed by atoms with Gasteiger partial charge >= 0.3 is 0 Å². The average Bonchev–Trinajstić information content (AvgIpc) is 3.56. The Morgan fingerprint density at radius 1 is 1.21 bits per heavy atom. The number of benzene rings is 1.